The van der Waals surface area contributed by atoms with Gasteiger partial charge in [-0.05, 0) is 37.3 Å². The van der Waals surface area contributed by atoms with Gasteiger partial charge in [-0.25, -0.2) is 9.97 Å². The number of methoxy groups -OCH3 is 1. The van der Waals surface area contributed by atoms with Crippen LogP contribution in [0.5, 0.6) is 0 Å². The highest BCUT2D eigenvalue weighted by Gasteiger charge is 2.35. The fourth-order valence-electron chi connectivity index (χ4n) is 3.15. The average Bonchev–Trinajstić information content (AvgIpc) is 3.09. The van der Waals surface area contributed by atoms with Crippen LogP contribution in [-0.4, -0.2) is 28.0 Å². The zero-order valence-electron chi connectivity index (χ0n) is 11.8. The molecule has 1 N–H and O–H groups in total. The van der Waals surface area contributed by atoms with E-state index in [1.54, 1.807) is 6.20 Å². The first-order valence-electron chi connectivity index (χ1n) is 7.09. The molecular formula is C15H19N3O2. The zero-order valence-corrected chi connectivity index (χ0v) is 11.8. The molecule has 5 nitrogen and oxygen atoms in total. The lowest BCUT2D eigenvalue weighted by molar-refractivity contribution is -0.144. The van der Waals surface area contributed by atoms with Crippen LogP contribution in [-0.2, 0) is 9.53 Å². The number of aromatic nitrogens is 3. The van der Waals surface area contributed by atoms with Gasteiger partial charge < -0.3 is 9.72 Å². The Morgan fingerprint density at radius 1 is 1.45 bits per heavy atom. The number of hydrogen-bond donors (Lipinski definition) is 1. The smallest absolute Gasteiger partial charge is 0.316 e. The Hall–Kier alpha value is -1.91. The minimum absolute atomic E-state index is 0.200. The third-order valence-electron chi connectivity index (χ3n) is 4.24. The molecule has 1 saturated carbocycles. The SMILES string of the molecule is COC(=O)C(c1nc2nccc(C)c2[nH]1)C1CCCC1. The first-order valence-corrected chi connectivity index (χ1v) is 7.09. The van der Waals surface area contributed by atoms with Gasteiger partial charge in [0.25, 0.3) is 0 Å². The van der Waals surface area contributed by atoms with Gasteiger partial charge in [0, 0.05) is 6.20 Å². The van der Waals surface area contributed by atoms with Crippen molar-refractivity contribution in [2.24, 2.45) is 5.92 Å². The summed E-state index contributed by atoms with van der Waals surface area (Å²) in [4.78, 5) is 24.2. The van der Waals surface area contributed by atoms with Crippen molar-refractivity contribution in [3.63, 3.8) is 0 Å². The number of imidazole rings is 1. The van der Waals surface area contributed by atoms with Crippen LogP contribution in [0, 0.1) is 12.8 Å². The van der Waals surface area contributed by atoms with Crippen LogP contribution in [0.4, 0.5) is 0 Å². The molecule has 0 saturated heterocycles. The van der Waals surface area contributed by atoms with E-state index >= 15 is 0 Å². The Bertz CT molecular complexity index is 629. The van der Waals surface area contributed by atoms with Gasteiger partial charge in [-0.1, -0.05) is 12.8 Å². The van der Waals surface area contributed by atoms with Gasteiger partial charge in [-0.3, -0.25) is 4.79 Å². The monoisotopic (exact) mass is 273 g/mol. The van der Waals surface area contributed by atoms with Crippen molar-refractivity contribution in [2.75, 3.05) is 7.11 Å². The number of fused-ring (bicyclic) bond motifs is 1. The molecule has 0 bridgehead atoms. The number of esters is 1. The van der Waals surface area contributed by atoms with E-state index in [1.807, 2.05) is 13.0 Å². The molecule has 1 fully saturated rings. The first kappa shape index (κ1) is 13.1. The third-order valence-corrected chi connectivity index (χ3v) is 4.24. The van der Waals surface area contributed by atoms with Crippen LogP contribution < -0.4 is 0 Å². The molecular weight excluding hydrogens is 254 g/mol. The average molecular weight is 273 g/mol. The largest absolute Gasteiger partial charge is 0.468 e. The van der Waals surface area contributed by atoms with Crippen LogP contribution in [0.1, 0.15) is 43.0 Å². The Morgan fingerprint density at radius 2 is 2.20 bits per heavy atom. The highest BCUT2D eigenvalue weighted by atomic mass is 16.5. The van der Waals surface area contributed by atoms with Crippen LogP contribution in [0.3, 0.4) is 0 Å². The number of pyridine rings is 1. The standard InChI is InChI=1S/C15H19N3O2/c1-9-7-8-16-14-12(9)17-13(18-14)11(15(19)20-2)10-5-3-4-6-10/h7-8,10-11H,3-6H2,1-2H3,(H,16,17,18). The summed E-state index contributed by atoms with van der Waals surface area (Å²) in [5, 5.41) is 0. The molecule has 20 heavy (non-hydrogen) atoms. The maximum absolute atomic E-state index is 12.2. The van der Waals surface area contributed by atoms with Crippen LogP contribution in [0.15, 0.2) is 12.3 Å². The number of H-pyrrole nitrogens is 1. The van der Waals surface area contributed by atoms with Crippen molar-refractivity contribution >= 4 is 17.1 Å². The molecule has 3 rings (SSSR count). The van der Waals surface area contributed by atoms with Gasteiger partial charge in [-0.15, -0.1) is 0 Å². The Labute approximate surface area is 117 Å². The predicted molar refractivity (Wildman–Crippen MR) is 75.3 cm³/mol. The van der Waals surface area contributed by atoms with E-state index in [-0.39, 0.29) is 11.9 Å². The van der Waals surface area contributed by atoms with E-state index in [9.17, 15) is 4.79 Å². The highest BCUT2D eigenvalue weighted by molar-refractivity contribution is 5.80. The summed E-state index contributed by atoms with van der Waals surface area (Å²) in [6.45, 7) is 2.01. The fraction of sp³-hybridized carbons (Fsp3) is 0.533. The van der Waals surface area contributed by atoms with Gasteiger partial charge in [0.2, 0.25) is 0 Å². The van der Waals surface area contributed by atoms with Crippen LogP contribution in [0.25, 0.3) is 11.2 Å². The molecule has 0 aliphatic heterocycles. The van der Waals surface area contributed by atoms with E-state index in [1.165, 1.54) is 20.0 Å². The molecule has 1 atom stereocenters. The van der Waals surface area contributed by atoms with Crippen molar-refractivity contribution in [2.45, 2.75) is 38.5 Å². The molecule has 0 spiro atoms. The number of nitrogens with zero attached hydrogens (tertiary/aromatic N) is 2. The maximum atomic E-state index is 12.2. The van der Waals surface area contributed by atoms with Gasteiger partial charge in [0.05, 0.1) is 12.6 Å². The molecule has 0 radical (unpaired) electrons. The summed E-state index contributed by atoms with van der Waals surface area (Å²) in [6.07, 6.45) is 6.21. The summed E-state index contributed by atoms with van der Waals surface area (Å²) in [6, 6.07) is 1.94. The van der Waals surface area contributed by atoms with E-state index < -0.39 is 0 Å². The quantitative estimate of drug-likeness (QED) is 0.873. The van der Waals surface area contributed by atoms with Gasteiger partial charge in [0.1, 0.15) is 11.7 Å². The van der Waals surface area contributed by atoms with Gasteiger partial charge in [0.15, 0.2) is 5.65 Å². The third kappa shape index (κ3) is 2.17. The molecule has 2 aromatic heterocycles. The second-order valence-electron chi connectivity index (χ2n) is 5.49. The highest BCUT2D eigenvalue weighted by Crippen LogP contribution is 2.37. The fourth-order valence-corrected chi connectivity index (χ4v) is 3.15. The summed E-state index contributed by atoms with van der Waals surface area (Å²) in [7, 11) is 1.44. The van der Waals surface area contributed by atoms with Crippen molar-refractivity contribution in [1.29, 1.82) is 0 Å². The molecule has 1 aliphatic rings. The van der Waals surface area contributed by atoms with Crippen molar-refractivity contribution in [3.05, 3.63) is 23.7 Å². The number of carbonyl (C=O) groups excluding carboxylic acids is 1. The van der Waals surface area contributed by atoms with E-state index in [4.69, 9.17) is 4.74 Å². The van der Waals surface area contributed by atoms with Gasteiger partial charge >= 0.3 is 5.97 Å². The molecule has 0 aromatic carbocycles. The maximum Gasteiger partial charge on any atom is 0.316 e. The number of aromatic amines is 1. The summed E-state index contributed by atoms with van der Waals surface area (Å²) >= 11 is 0. The number of ether oxygens (including phenoxy) is 1. The lowest BCUT2D eigenvalue weighted by atomic mass is 9.90. The van der Waals surface area contributed by atoms with Crippen molar-refractivity contribution in [1.82, 2.24) is 15.0 Å². The Kier molecular flexibility index (Phi) is 3.42. The molecule has 1 aliphatic carbocycles. The molecule has 2 aromatic rings. The zero-order chi connectivity index (χ0) is 14.1. The Morgan fingerprint density at radius 3 is 2.85 bits per heavy atom. The van der Waals surface area contributed by atoms with E-state index in [0.717, 1.165) is 23.9 Å². The number of nitrogens with one attached hydrogen (secondary N) is 1. The summed E-state index contributed by atoms with van der Waals surface area (Å²) < 4.78 is 4.99. The van der Waals surface area contributed by atoms with E-state index in [0.29, 0.717) is 17.4 Å². The Balaban J connectivity index is 2.04. The van der Waals surface area contributed by atoms with Gasteiger partial charge in [-0.2, -0.15) is 0 Å². The topological polar surface area (TPSA) is 67.9 Å². The number of rotatable bonds is 3. The lowest BCUT2D eigenvalue weighted by Crippen LogP contribution is -2.22. The second kappa shape index (κ2) is 5.23. The lowest BCUT2D eigenvalue weighted by Gasteiger charge is -2.18. The normalized spacial score (nSPS) is 17.5. The molecule has 106 valence electrons. The molecule has 2 heterocycles. The summed E-state index contributed by atoms with van der Waals surface area (Å²) in [5.41, 5.74) is 2.67. The number of carbonyl (C=O) groups is 1. The summed E-state index contributed by atoms with van der Waals surface area (Å²) in [5.74, 6) is 0.522. The second-order valence-corrected chi connectivity index (χ2v) is 5.49. The number of hydrogen-bond acceptors (Lipinski definition) is 4. The van der Waals surface area contributed by atoms with E-state index in [2.05, 4.69) is 15.0 Å². The first-order chi connectivity index (χ1) is 9.70. The molecule has 5 heteroatoms. The molecule has 0 amide bonds. The predicted octanol–water partition coefficient (Wildman–Crippen LogP) is 2.71. The van der Waals surface area contributed by atoms with Crippen molar-refractivity contribution < 1.29 is 9.53 Å². The molecule has 1 unspecified atom stereocenters. The minimum atomic E-state index is -0.295. The van der Waals surface area contributed by atoms with Crippen molar-refractivity contribution in [3.8, 4) is 0 Å². The number of aryl methyl sites for hydroxylation is 1. The minimum Gasteiger partial charge on any atom is -0.468 e. The van der Waals surface area contributed by atoms with Crippen LogP contribution in [0.2, 0.25) is 0 Å². The van der Waals surface area contributed by atoms with Crippen LogP contribution >= 0.6 is 0 Å².